The van der Waals surface area contributed by atoms with Crippen molar-refractivity contribution in [1.29, 1.82) is 5.26 Å². The molecule has 3 atom stereocenters. The zero-order valence-corrected chi connectivity index (χ0v) is 27.3. The van der Waals surface area contributed by atoms with Gasteiger partial charge in [-0.05, 0) is 70.3 Å². The SMILES string of the molecule is C=CC(=O)N1CCC(Oc2cc(O[C@@H](C)C3CCCN3C)nc(C(N)=CC(=S)[C@@]3(C)CCCc4sc(N)c(C#N)c43)n2)CC1. The Balaban J connectivity index is 1.43. The number of likely N-dealkylation sites (tertiary alicyclic amines) is 2. The number of nitrogen functional groups attached to an aromatic ring is 1. The molecule has 2 saturated heterocycles. The molecule has 4 heterocycles. The van der Waals surface area contributed by atoms with Crippen LogP contribution in [0.1, 0.15) is 74.2 Å². The van der Waals surface area contributed by atoms with Gasteiger partial charge in [-0.15, -0.1) is 11.3 Å². The maximum Gasteiger partial charge on any atom is 0.245 e. The second-order valence-electron chi connectivity index (χ2n) is 12.1. The van der Waals surface area contributed by atoms with Gasteiger partial charge in [0.05, 0.1) is 17.3 Å². The smallest absolute Gasteiger partial charge is 0.245 e. The fourth-order valence-electron chi connectivity index (χ4n) is 6.65. The van der Waals surface area contributed by atoms with Crippen molar-refractivity contribution in [3.8, 4) is 17.8 Å². The van der Waals surface area contributed by atoms with E-state index in [1.165, 1.54) is 17.4 Å². The fourth-order valence-corrected chi connectivity index (χ4v) is 8.17. The van der Waals surface area contributed by atoms with Crippen LogP contribution in [-0.2, 0) is 16.6 Å². The number of rotatable bonds is 9. The van der Waals surface area contributed by atoms with Crippen molar-refractivity contribution in [2.45, 2.75) is 82.5 Å². The Hall–Kier alpha value is -3.53. The van der Waals surface area contributed by atoms with Gasteiger partial charge in [-0.25, -0.2) is 0 Å². The lowest BCUT2D eigenvalue weighted by molar-refractivity contribution is -0.127. The van der Waals surface area contributed by atoms with Crippen LogP contribution in [0.25, 0.3) is 5.70 Å². The molecule has 44 heavy (non-hydrogen) atoms. The van der Waals surface area contributed by atoms with Crippen LogP contribution >= 0.6 is 23.6 Å². The van der Waals surface area contributed by atoms with E-state index in [-0.39, 0.29) is 35.7 Å². The van der Waals surface area contributed by atoms with E-state index in [0.717, 1.165) is 49.1 Å². The number of hydrogen-bond acceptors (Lipinski definition) is 11. The Morgan fingerprint density at radius 3 is 2.66 bits per heavy atom. The maximum absolute atomic E-state index is 12.0. The number of anilines is 1. The Kier molecular flexibility index (Phi) is 9.58. The number of ether oxygens (including phenoxy) is 2. The van der Waals surface area contributed by atoms with Crippen LogP contribution in [0.3, 0.4) is 0 Å². The molecular weight excluding hydrogens is 595 g/mol. The fraction of sp³-hybridized carbons (Fsp3) is 0.531. The first kappa shape index (κ1) is 31.9. The van der Waals surface area contributed by atoms with Gasteiger partial charge in [0, 0.05) is 47.1 Å². The molecule has 234 valence electrons. The highest BCUT2D eigenvalue weighted by atomic mass is 32.1. The number of amides is 1. The highest BCUT2D eigenvalue weighted by Crippen LogP contribution is 2.46. The van der Waals surface area contributed by atoms with Crippen molar-refractivity contribution in [1.82, 2.24) is 19.8 Å². The third kappa shape index (κ3) is 6.46. The molecule has 0 saturated carbocycles. The summed E-state index contributed by atoms with van der Waals surface area (Å²) in [6.07, 6.45) is 8.94. The lowest BCUT2D eigenvalue weighted by Crippen LogP contribution is -2.41. The van der Waals surface area contributed by atoms with Crippen LogP contribution in [0.2, 0.25) is 0 Å². The average molecular weight is 636 g/mol. The summed E-state index contributed by atoms with van der Waals surface area (Å²) in [6, 6.07) is 4.28. The molecule has 5 rings (SSSR count). The Morgan fingerprint density at radius 2 is 2.00 bits per heavy atom. The molecule has 4 N–H and O–H groups in total. The predicted molar refractivity (Wildman–Crippen MR) is 177 cm³/mol. The number of carbonyl (C=O) groups is 1. The molecule has 0 bridgehead atoms. The summed E-state index contributed by atoms with van der Waals surface area (Å²) in [5, 5.41) is 10.4. The van der Waals surface area contributed by atoms with Gasteiger partial charge in [-0.2, -0.15) is 15.2 Å². The minimum atomic E-state index is -0.571. The number of piperidine rings is 1. The van der Waals surface area contributed by atoms with E-state index in [9.17, 15) is 10.1 Å². The Morgan fingerprint density at radius 1 is 1.27 bits per heavy atom. The first-order valence-electron chi connectivity index (χ1n) is 15.2. The molecule has 1 aliphatic carbocycles. The van der Waals surface area contributed by atoms with E-state index in [1.54, 1.807) is 17.0 Å². The van der Waals surface area contributed by atoms with Gasteiger partial charge in [0.15, 0.2) is 5.82 Å². The number of carbonyl (C=O) groups excluding carboxylic acids is 1. The normalized spacial score (nSPS) is 23.5. The number of thiophene rings is 1. The largest absolute Gasteiger partial charge is 0.474 e. The van der Waals surface area contributed by atoms with Crippen molar-refractivity contribution in [2.75, 3.05) is 32.4 Å². The Labute approximate surface area is 268 Å². The number of thiocarbonyl (C=S) groups is 1. The summed E-state index contributed by atoms with van der Waals surface area (Å²) < 4.78 is 12.7. The zero-order valence-electron chi connectivity index (χ0n) is 25.7. The second-order valence-corrected chi connectivity index (χ2v) is 13.7. The van der Waals surface area contributed by atoms with Crippen LogP contribution < -0.4 is 20.9 Å². The van der Waals surface area contributed by atoms with Gasteiger partial charge >= 0.3 is 0 Å². The number of likely N-dealkylation sites (N-methyl/N-ethyl adjacent to an activating group) is 1. The van der Waals surface area contributed by atoms with Crippen LogP contribution in [-0.4, -0.2) is 75.5 Å². The number of fused-ring (bicyclic) bond motifs is 1. The highest BCUT2D eigenvalue weighted by molar-refractivity contribution is 7.81. The van der Waals surface area contributed by atoms with E-state index < -0.39 is 5.41 Å². The summed E-state index contributed by atoms with van der Waals surface area (Å²) in [5.74, 6) is 0.921. The molecule has 12 heteroatoms. The lowest BCUT2D eigenvalue weighted by Gasteiger charge is -2.34. The van der Waals surface area contributed by atoms with E-state index >= 15 is 0 Å². The first-order chi connectivity index (χ1) is 21.0. The molecule has 2 fully saturated rings. The molecule has 0 aromatic carbocycles. The van der Waals surface area contributed by atoms with Crippen molar-refractivity contribution in [3.05, 3.63) is 46.6 Å². The van der Waals surface area contributed by atoms with Gasteiger partial charge in [-0.3, -0.25) is 9.69 Å². The monoisotopic (exact) mass is 635 g/mol. The van der Waals surface area contributed by atoms with Crippen molar-refractivity contribution >= 4 is 45.0 Å². The molecule has 0 spiro atoms. The average Bonchev–Trinajstić information content (AvgIpc) is 3.59. The number of nitriles is 1. The molecule has 0 radical (unpaired) electrons. The van der Waals surface area contributed by atoms with Gasteiger partial charge in [0.2, 0.25) is 17.7 Å². The van der Waals surface area contributed by atoms with E-state index in [1.807, 2.05) is 0 Å². The van der Waals surface area contributed by atoms with Gasteiger partial charge in [0.25, 0.3) is 0 Å². The minimum Gasteiger partial charge on any atom is -0.474 e. The first-order valence-corrected chi connectivity index (χ1v) is 16.4. The number of nitrogens with two attached hydrogens (primary N) is 2. The second kappa shape index (κ2) is 13.2. The predicted octanol–water partition coefficient (Wildman–Crippen LogP) is 4.37. The topological polar surface area (TPSA) is 144 Å². The molecule has 1 unspecified atom stereocenters. The van der Waals surface area contributed by atoms with Gasteiger partial charge in [0.1, 0.15) is 23.3 Å². The zero-order chi connectivity index (χ0) is 31.6. The van der Waals surface area contributed by atoms with E-state index in [4.69, 9.17) is 38.1 Å². The van der Waals surface area contributed by atoms with E-state index in [0.29, 0.717) is 53.1 Å². The summed E-state index contributed by atoms with van der Waals surface area (Å²) in [6.45, 7) is 9.89. The Bertz CT molecular complexity index is 1510. The lowest BCUT2D eigenvalue weighted by atomic mass is 9.70. The standard InChI is InChI=1S/C32H41N7O3S2/c1-5-28(40)39-14-10-20(11-15-39)42-27-17-26(41-19(2)23-8-7-13-38(23)4)36-31(37-27)22(34)16-25(43)32(3)12-6-9-24-29(32)21(18-33)30(35)44-24/h5,16-17,19-20,23H,1,6-15,34-35H2,2-4H3/t19-,23?,32+/m0/s1. The molecule has 2 aromatic rings. The molecule has 3 aliphatic rings. The summed E-state index contributed by atoms with van der Waals surface area (Å²) >= 11 is 7.46. The molecular formula is C32H41N7O3S2. The van der Waals surface area contributed by atoms with Crippen LogP contribution in [0.15, 0.2) is 24.8 Å². The number of hydrogen-bond donors (Lipinski definition) is 2. The molecule has 1 amide bonds. The number of aryl methyl sites for hydroxylation is 1. The van der Waals surface area contributed by atoms with Crippen molar-refractivity contribution in [3.63, 3.8) is 0 Å². The number of nitrogens with zero attached hydrogens (tertiary/aromatic N) is 5. The quantitative estimate of drug-likeness (QED) is 0.301. The number of aromatic nitrogens is 2. The van der Waals surface area contributed by atoms with Crippen LogP contribution in [0.4, 0.5) is 5.00 Å². The molecule has 2 aromatic heterocycles. The number of allylic oxidation sites excluding steroid dienone is 1. The summed E-state index contributed by atoms with van der Waals surface area (Å²) in [5.41, 5.74) is 14.0. The van der Waals surface area contributed by atoms with Crippen LogP contribution in [0, 0.1) is 11.3 Å². The summed E-state index contributed by atoms with van der Waals surface area (Å²) in [7, 11) is 2.11. The third-order valence-corrected chi connectivity index (χ3v) is 10.8. The maximum atomic E-state index is 12.0. The highest BCUT2D eigenvalue weighted by Gasteiger charge is 2.40. The molecule has 10 nitrogen and oxygen atoms in total. The van der Waals surface area contributed by atoms with E-state index in [2.05, 4.69) is 43.4 Å². The van der Waals surface area contributed by atoms with Gasteiger partial charge < -0.3 is 25.8 Å². The van der Waals surface area contributed by atoms with Gasteiger partial charge in [-0.1, -0.05) is 25.7 Å². The van der Waals surface area contributed by atoms with Crippen LogP contribution in [0.5, 0.6) is 11.8 Å². The summed E-state index contributed by atoms with van der Waals surface area (Å²) in [4.78, 5) is 27.2. The minimum absolute atomic E-state index is 0.0750. The third-order valence-electron chi connectivity index (χ3n) is 9.16. The molecule has 2 aliphatic heterocycles. The van der Waals surface area contributed by atoms with Crippen molar-refractivity contribution < 1.29 is 14.3 Å². The van der Waals surface area contributed by atoms with Crippen molar-refractivity contribution in [2.24, 2.45) is 5.73 Å².